The highest BCUT2D eigenvalue weighted by Crippen LogP contribution is 2.50. The molecule has 3 nitrogen and oxygen atoms in total. The van der Waals surface area contributed by atoms with Crippen LogP contribution in [0.25, 0.3) is 22.0 Å². The fourth-order valence-corrected chi connectivity index (χ4v) is 7.27. The van der Waals surface area contributed by atoms with Crippen molar-refractivity contribution >= 4 is 33.1 Å². The number of hydrogen-bond donors (Lipinski definition) is 1. The molecule has 1 heterocycles. The van der Waals surface area contributed by atoms with Crippen molar-refractivity contribution in [2.75, 3.05) is 5.32 Å². The number of carbonyl (C=O) groups excluding carboxylic acids is 1. The minimum atomic E-state index is -0.185. The summed E-state index contributed by atoms with van der Waals surface area (Å²) in [6.45, 7) is 8.86. The molecule has 1 amide bonds. The van der Waals surface area contributed by atoms with Gasteiger partial charge in [0.05, 0.1) is 5.69 Å². The second kappa shape index (κ2) is 9.67. The molecule has 3 aromatic carbocycles. The molecule has 0 saturated carbocycles. The van der Waals surface area contributed by atoms with Crippen molar-refractivity contribution < 1.29 is 4.79 Å². The van der Waals surface area contributed by atoms with Crippen molar-refractivity contribution in [3.05, 3.63) is 107 Å². The van der Waals surface area contributed by atoms with Gasteiger partial charge in [0, 0.05) is 22.3 Å². The molecular formula is C34H34N2OS. The molecule has 0 fully saturated rings. The van der Waals surface area contributed by atoms with E-state index in [9.17, 15) is 4.79 Å². The van der Waals surface area contributed by atoms with Crippen LogP contribution in [0.3, 0.4) is 0 Å². The Morgan fingerprint density at radius 3 is 2.71 bits per heavy atom. The molecule has 0 radical (unpaired) electrons. The highest BCUT2D eigenvalue weighted by atomic mass is 32.1. The van der Waals surface area contributed by atoms with Crippen LogP contribution in [-0.2, 0) is 10.2 Å². The van der Waals surface area contributed by atoms with Crippen LogP contribution in [0, 0.1) is 18.8 Å². The average Bonchev–Trinajstić information content (AvgIpc) is 3.39. The number of aromatic nitrogens is 1. The number of nitrogens with one attached hydrogen (secondary N) is 1. The van der Waals surface area contributed by atoms with E-state index in [0.29, 0.717) is 17.0 Å². The van der Waals surface area contributed by atoms with E-state index >= 15 is 0 Å². The lowest BCUT2D eigenvalue weighted by atomic mass is 9.68. The zero-order chi connectivity index (χ0) is 26.4. The standard InChI is InChI=1S/C34H34N2OS/c1-21-16-17-29(28-14-6-5-12-26(21)28)31-20-38-33(35-31)36-32(37)22(2)19-34(4)25-11-9-10-24(18-25)23(3)27-13-7-8-15-30(27)34/h5-17,20,22-24H,18-19H2,1-4H3,(H,35,36,37). The number of hydrogen-bond acceptors (Lipinski definition) is 3. The lowest BCUT2D eigenvalue weighted by Crippen LogP contribution is -2.32. The van der Waals surface area contributed by atoms with E-state index in [1.54, 1.807) is 0 Å². The van der Waals surface area contributed by atoms with Crippen LogP contribution >= 0.6 is 11.3 Å². The topological polar surface area (TPSA) is 42.0 Å². The molecule has 0 saturated heterocycles. The number of allylic oxidation sites excluding steroid dienone is 4. The third-order valence-electron chi connectivity index (χ3n) is 8.82. The first-order valence-electron chi connectivity index (χ1n) is 13.6. The summed E-state index contributed by atoms with van der Waals surface area (Å²) in [6.07, 6.45) is 8.67. The first kappa shape index (κ1) is 24.8. The lowest BCUT2D eigenvalue weighted by molar-refractivity contribution is -0.119. The number of rotatable bonds is 5. The molecule has 4 atom stereocenters. The highest BCUT2D eigenvalue weighted by molar-refractivity contribution is 7.14. The SMILES string of the molecule is Cc1ccc(-c2csc(NC(=O)C(C)CC3(C)C4=CC=CC(C4)C(C)c4ccccc43)n2)c2ccccc12. The highest BCUT2D eigenvalue weighted by Gasteiger charge is 2.41. The third kappa shape index (κ3) is 4.21. The first-order valence-corrected chi connectivity index (χ1v) is 14.5. The molecule has 1 aromatic heterocycles. The molecular weight excluding hydrogens is 484 g/mol. The monoisotopic (exact) mass is 518 g/mol. The number of benzene rings is 3. The summed E-state index contributed by atoms with van der Waals surface area (Å²) < 4.78 is 0. The van der Waals surface area contributed by atoms with Crippen LogP contribution in [-0.4, -0.2) is 10.9 Å². The Labute approximate surface area is 229 Å². The van der Waals surface area contributed by atoms with E-state index in [4.69, 9.17) is 4.98 Å². The maximum Gasteiger partial charge on any atom is 0.229 e. The van der Waals surface area contributed by atoms with Gasteiger partial charge < -0.3 is 5.32 Å². The number of fused-ring (bicyclic) bond motifs is 4. The van der Waals surface area contributed by atoms with Crippen LogP contribution in [0.15, 0.2) is 89.8 Å². The molecule has 0 aliphatic heterocycles. The van der Waals surface area contributed by atoms with Gasteiger partial charge in [-0.3, -0.25) is 4.79 Å². The first-order chi connectivity index (χ1) is 18.3. The molecule has 1 N–H and O–H groups in total. The van der Waals surface area contributed by atoms with E-state index < -0.39 is 0 Å². The average molecular weight is 519 g/mol. The maximum absolute atomic E-state index is 13.5. The van der Waals surface area contributed by atoms with Gasteiger partial charge in [-0.05, 0) is 59.1 Å². The summed E-state index contributed by atoms with van der Waals surface area (Å²) in [4.78, 5) is 18.3. The van der Waals surface area contributed by atoms with Crippen molar-refractivity contribution in [1.82, 2.24) is 4.98 Å². The summed E-state index contributed by atoms with van der Waals surface area (Å²) in [5.74, 6) is 0.829. The molecule has 0 spiro atoms. The lowest BCUT2D eigenvalue weighted by Gasteiger charge is -2.36. The normalized spacial score (nSPS) is 22.9. The number of thiazole rings is 1. The Hall–Kier alpha value is -3.50. The summed E-state index contributed by atoms with van der Waals surface area (Å²) in [6, 6.07) is 21.5. The molecule has 38 heavy (non-hydrogen) atoms. The van der Waals surface area contributed by atoms with Crippen molar-refractivity contribution in [3.63, 3.8) is 0 Å². The number of anilines is 1. The molecule has 6 rings (SSSR count). The fraction of sp³-hybridized carbons (Fsp3) is 0.294. The zero-order valence-electron chi connectivity index (χ0n) is 22.5. The predicted octanol–water partition coefficient (Wildman–Crippen LogP) is 8.81. The molecule has 4 heteroatoms. The van der Waals surface area contributed by atoms with Gasteiger partial charge in [0.15, 0.2) is 5.13 Å². The molecule has 2 bridgehead atoms. The van der Waals surface area contributed by atoms with Crippen LogP contribution in [0.2, 0.25) is 0 Å². The van der Waals surface area contributed by atoms with Gasteiger partial charge in [-0.25, -0.2) is 4.98 Å². The number of carbonyl (C=O) groups is 1. The Morgan fingerprint density at radius 2 is 1.87 bits per heavy atom. The van der Waals surface area contributed by atoms with Crippen molar-refractivity contribution in [3.8, 4) is 11.3 Å². The summed E-state index contributed by atoms with van der Waals surface area (Å²) in [5.41, 5.74) is 7.28. The van der Waals surface area contributed by atoms with E-state index in [0.717, 1.165) is 24.1 Å². The minimum absolute atomic E-state index is 0.0270. The van der Waals surface area contributed by atoms with Gasteiger partial charge >= 0.3 is 0 Å². The quantitative estimate of drug-likeness (QED) is 0.287. The fourth-order valence-electron chi connectivity index (χ4n) is 6.56. The predicted molar refractivity (Wildman–Crippen MR) is 160 cm³/mol. The van der Waals surface area contributed by atoms with Crippen LogP contribution in [0.4, 0.5) is 5.13 Å². The van der Waals surface area contributed by atoms with E-state index in [-0.39, 0.29) is 17.2 Å². The second-order valence-corrected chi connectivity index (χ2v) is 12.1. The van der Waals surface area contributed by atoms with E-state index in [1.807, 2.05) is 5.38 Å². The molecule has 192 valence electrons. The van der Waals surface area contributed by atoms with E-state index in [1.165, 1.54) is 44.4 Å². The van der Waals surface area contributed by atoms with Gasteiger partial charge in [-0.1, -0.05) is 105 Å². The van der Waals surface area contributed by atoms with E-state index in [2.05, 4.69) is 112 Å². The molecule has 4 unspecified atom stereocenters. The Kier molecular flexibility index (Phi) is 6.31. The minimum Gasteiger partial charge on any atom is -0.302 e. The Bertz CT molecular complexity index is 1600. The summed E-state index contributed by atoms with van der Waals surface area (Å²) in [7, 11) is 0. The Balaban J connectivity index is 1.25. The largest absolute Gasteiger partial charge is 0.302 e. The molecule has 4 aromatic rings. The molecule has 2 aliphatic carbocycles. The summed E-state index contributed by atoms with van der Waals surface area (Å²) >= 11 is 1.49. The van der Waals surface area contributed by atoms with Crippen molar-refractivity contribution in [2.45, 2.75) is 51.9 Å². The summed E-state index contributed by atoms with van der Waals surface area (Å²) in [5, 5.41) is 8.25. The van der Waals surface area contributed by atoms with Gasteiger partial charge in [0.25, 0.3) is 0 Å². The second-order valence-electron chi connectivity index (χ2n) is 11.3. The zero-order valence-corrected chi connectivity index (χ0v) is 23.3. The van der Waals surface area contributed by atoms with Crippen LogP contribution in [0.1, 0.15) is 56.2 Å². The van der Waals surface area contributed by atoms with Crippen LogP contribution in [0.5, 0.6) is 0 Å². The third-order valence-corrected chi connectivity index (χ3v) is 9.58. The van der Waals surface area contributed by atoms with Gasteiger partial charge in [-0.2, -0.15) is 0 Å². The molecule has 2 aliphatic rings. The smallest absolute Gasteiger partial charge is 0.229 e. The maximum atomic E-state index is 13.5. The number of aryl methyl sites for hydroxylation is 1. The van der Waals surface area contributed by atoms with Gasteiger partial charge in [-0.15, -0.1) is 11.3 Å². The Morgan fingerprint density at radius 1 is 1.11 bits per heavy atom. The van der Waals surface area contributed by atoms with Gasteiger partial charge in [0.1, 0.15) is 0 Å². The van der Waals surface area contributed by atoms with Crippen molar-refractivity contribution in [1.29, 1.82) is 0 Å². The van der Waals surface area contributed by atoms with Crippen molar-refractivity contribution in [2.24, 2.45) is 11.8 Å². The number of nitrogens with zero attached hydrogens (tertiary/aromatic N) is 1. The van der Waals surface area contributed by atoms with Crippen LogP contribution < -0.4 is 5.32 Å². The number of amides is 1. The van der Waals surface area contributed by atoms with Gasteiger partial charge in [0.2, 0.25) is 5.91 Å².